The molecule has 3 N–H and O–H groups in total. The Bertz CT molecular complexity index is 971. The number of carbonyl (C=O) groups is 2. The van der Waals surface area contributed by atoms with Crippen LogP contribution in [0.2, 0.25) is 5.02 Å². The van der Waals surface area contributed by atoms with Crippen molar-refractivity contribution in [1.82, 2.24) is 10.2 Å². The molecule has 0 bridgehead atoms. The number of hydrogen-bond donors (Lipinski definition) is 2. The number of rotatable bonds is 10. The van der Waals surface area contributed by atoms with Gasteiger partial charge in [-0.2, -0.15) is 0 Å². The number of amides is 1. The zero-order valence-electron chi connectivity index (χ0n) is 18.6. The summed E-state index contributed by atoms with van der Waals surface area (Å²) in [6, 6.07) is 8.66. The average Bonchev–Trinajstić information content (AvgIpc) is 2.80. The molecule has 33 heavy (non-hydrogen) atoms. The Morgan fingerprint density at radius 1 is 1.30 bits per heavy atom. The Labute approximate surface area is 198 Å². The number of nitrogens with zero attached hydrogens (tertiary/aromatic N) is 1. The molecule has 1 heterocycles. The summed E-state index contributed by atoms with van der Waals surface area (Å²) in [7, 11) is 0. The van der Waals surface area contributed by atoms with Gasteiger partial charge in [0.2, 0.25) is 0 Å². The summed E-state index contributed by atoms with van der Waals surface area (Å²) in [5.74, 6) is -0.286. The van der Waals surface area contributed by atoms with Crippen LogP contribution < -0.4 is 15.8 Å². The first kappa shape index (κ1) is 25.0. The summed E-state index contributed by atoms with van der Waals surface area (Å²) in [6.45, 7) is 5.24. The lowest BCUT2D eigenvalue weighted by atomic mass is 10.1. The largest absolute Gasteiger partial charge is 0.493 e. The molecule has 3 rings (SSSR count). The standard InChI is InChI=1S/C24H29ClFN3O4/c1-2-32-23-13-21(27)20(25)12-19(23)24(31)28-14-18-15-29(10-11-33-18)9-3-4-22(30)16-5-7-17(26)8-6-16/h5-8,12-13,18H,2-4,9-11,14-15,27H2,1H3,(H,28,31). The Morgan fingerprint density at radius 3 is 2.79 bits per heavy atom. The van der Waals surface area contributed by atoms with Crippen molar-refractivity contribution in [1.29, 1.82) is 0 Å². The lowest BCUT2D eigenvalue weighted by Gasteiger charge is -2.33. The maximum absolute atomic E-state index is 13.0. The summed E-state index contributed by atoms with van der Waals surface area (Å²) < 4.78 is 24.3. The van der Waals surface area contributed by atoms with Crippen LogP contribution in [0.1, 0.15) is 40.5 Å². The van der Waals surface area contributed by atoms with Crippen molar-refractivity contribution in [2.24, 2.45) is 0 Å². The first-order valence-corrected chi connectivity index (χ1v) is 11.4. The first-order chi connectivity index (χ1) is 15.9. The van der Waals surface area contributed by atoms with Crippen LogP contribution in [0.25, 0.3) is 0 Å². The number of morpholine rings is 1. The van der Waals surface area contributed by atoms with Gasteiger partial charge in [-0.15, -0.1) is 0 Å². The highest BCUT2D eigenvalue weighted by molar-refractivity contribution is 6.33. The van der Waals surface area contributed by atoms with E-state index >= 15 is 0 Å². The number of nitrogens with two attached hydrogens (primary N) is 1. The first-order valence-electron chi connectivity index (χ1n) is 11.0. The number of nitrogens with one attached hydrogen (secondary N) is 1. The van der Waals surface area contributed by atoms with Crippen molar-refractivity contribution in [2.45, 2.75) is 25.9 Å². The number of carbonyl (C=O) groups excluding carboxylic acids is 2. The normalized spacial score (nSPS) is 16.4. The molecule has 1 atom stereocenters. The third kappa shape index (κ3) is 7.15. The lowest BCUT2D eigenvalue weighted by Crippen LogP contribution is -2.47. The maximum atomic E-state index is 13.0. The number of hydrogen-bond acceptors (Lipinski definition) is 6. The van der Waals surface area contributed by atoms with Gasteiger partial charge in [-0.1, -0.05) is 11.6 Å². The monoisotopic (exact) mass is 477 g/mol. The third-order valence-corrected chi connectivity index (χ3v) is 5.73. The fourth-order valence-corrected chi connectivity index (χ4v) is 3.84. The second kappa shape index (κ2) is 12.0. The second-order valence-electron chi connectivity index (χ2n) is 7.84. The van der Waals surface area contributed by atoms with Crippen LogP contribution in [0.15, 0.2) is 36.4 Å². The Morgan fingerprint density at radius 2 is 2.06 bits per heavy atom. The molecule has 0 aliphatic carbocycles. The number of Topliss-reactive ketones (excluding diaryl/α,β-unsaturated/α-hetero) is 1. The van der Waals surface area contributed by atoms with Crippen LogP contribution >= 0.6 is 11.6 Å². The third-order valence-electron chi connectivity index (χ3n) is 5.40. The molecule has 1 aliphatic heterocycles. The minimum atomic E-state index is -0.355. The fraction of sp³-hybridized carbons (Fsp3) is 0.417. The minimum absolute atomic E-state index is 0.000617. The SMILES string of the molecule is CCOc1cc(N)c(Cl)cc1C(=O)NCC1CN(CCCC(=O)c2ccc(F)cc2)CCO1. The molecule has 178 valence electrons. The molecule has 2 aromatic carbocycles. The predicted molar refractivity (Wildman–Crippen MR) is 126 cm³/mol. The number of ketones is 1. The molecule has 0 spiro atoms. The Kier molecular flexibility index (Phi) is 9.05. The molecule has 0 aromatic heterocycles. The summed E-state index contributed by atoms with van der Waals surface area (Å²) in [5, 5.41) is 3.17. The van der Waals surface area contributed by atoms with Gasteiger partial charge in [-0.3, -0.25) is 14.5 Å². The zero-order valence-corrected chi connectivity index (χ0v) is 19.4. The molecule has 1 unspecified atom stereocenters. The smallest absolute Gasteiger partial charge is 0.255 e. The van der Waals surface area contributed by atoms with Crippen molar-refractivity contribution >= 4 is 29.0 Å². The molecule has 9 heteroatoms. The number of anilines is 1. The van der Waals surface area contributed by atoms with E-state index < -0.39 is 0 Å². The molecular weight excluding hydrogens is 449 g/mol. The van der Waals surface area contributed by atoms with Gasteiger partial charge in [-0.25, -0.2) is 4.39 Å². The van der Waals surface area contributed by atoms with Crippen LogP contribution in [0, 0.1) is 5.82 Å². The van der Waals surface area contributed by atoms with E-state index in [-0.39, 0.29) is 23.6 Å². The van der Waals surface area contributed by atoms with Gasteiger partial charge in [0.05, 0.1) is 35.6 Å². The van der Waals surface area contributed by atoms with Gasteiger partial charge < -0.3 is 20.5 Å². The number of halogens is 2. The van der Waals surface area contributed by atoms with Crippen molar-refractivity contribution in [3.05, 3.63) is 58.4 Å². The molecule has 7 nitrogen and oxygen atoms in total. The highest BCUT2D eigenvalue weighted by atomic mass is 35.5. The van der Waals surface area contributed by atoms with Crippen molar-refractivity contribution in [2.75, 3.05) is 45.1 Å². The van der Waals surface area contributed by atoms with E-state index in [4.69, 9.17) is 26.8 Å². The topological polar surface area (TPSA) is 93.9 Å². The van der Waals surface area contributed by atoms with E-state index in [0.29, 0.717) is 66.7 Å². The van der Waals surface area contributed by atoms with Crippen LogP contribution in [-0.4, -0.2) is 62.1 Å². The highest BCUT2D eigenvalue weighted by Gasteiger charge is 2.22. The predicted octanol–water partition coefficient (Wildman–Crippen LogP) is 3.55. The van der Waals surface area contributed by atoms with Gasteiger partial charge in [0, 0.05) is 37.7 Å². The Hall–Kier alpha value is -2.68. The number of nitrogen functional groups attached to an aromatic ring is 1. The quantitative estimate of drug-likeness (QED) is 0.401. The fourth-order valence-electron chi connectivity index (χ4n) is 3.67. The van der Waals surface area contributed by atoms with E-state index in [2.05, 4.69) is 10.2 Å². The second-order valence-corrected chi connectivity index (χ2v) is 8.25. The van der Waals surface area contributed by atoms with Gasteiger partial charge in [0.25, 0.3) is 5.91 Å². The molecular formula is C24H29ClFN3O4. The minimum Gasteiger partial charge on any atom is -0.493 e. The Balaban J connectivity index is 1.46. The van der Waals surface area contributed by atoms with E-state index in [1.165, 1.54) is 30.3 Å². The van der Waals surface area contributed by atoms with E-state index in [9.17, 15) is 14.0 Å². The maximum Gasteiger partial charge on any atom is 0.255 e. The molecule has 1 aliphatic rings. The molecule has 1 fully saturated rings. The summed E-state index contributed by atoms with van der Waals surface area (Å²) >= 11 is 6.08. The van der Waals surface area contributed by atoms with E-state index in [0.717, 1.165) is 13.1 Å². The molecule has 1 amide bonds. The van der Waals surface area contributed by atoms with Gasteiger partial charge >= 0.3 is 0 Å². The van der Waals surface area contributed by atoms with Gasteiger partial charge in [0.15, 0.2) is 5.78 Å². The summed E-state index contributed by atoms with van der Waals surface area (Å²) in [5.41, 5.74) is 7.01. The molecule has 0 radical (unpaired) electrons. The van der Waals surface area contributed by atoms with Crippen LogP contribution in [0.3, 0.4) is 0 Å². The van der Waals surface area contributed by atoms with E-state index in [1.54, 1.807) is 6.07 Å². The number of ether oxygens (including phenoxy) is 2. The summed E-state index contributed by atoms with van der Waals surface area (Å²) in [6.07, 6.45) is 0.912. The molecule has 1 saturated heterocycles. The zero-order chi connectivity index (χ0) is 23.8. The lowest BCUT2D eigenvalue weighted by molar-refractivity contribution is -0.0266. The summed E-state index contributed by atoms with van der Waals surface area (Å²) in [4.78, 5) is 27.2. The van der Waals surface area contributed by atoms with E-state index in [1.807, 2.05) is 6.92 Å². The van der Waals surface area contributed by atoms with Gasteiger partial charge in [-0.05, 0) is 50.2 Å². The van der Waals surface area contributed by atoms with Crippen molar-refractivity contribution in [3.63, 3.8) is 0 Å². The average molecular weight is 478 g/mol. The van der Waals surface area contributed by atoms with Crippen molar-refractivity contribution in [3.8, 4) is 5.75 Å². The van der Waals surface area contributed by atoms with Crippen LogP contribution in [0.5, 0.6) is 5.75 Å². The molecule has 0 saturated carbocycles. The highest BCUT2D eigenvalue weighted by Crippen LogP contribution is 2.29. The molecule has 2 aromatic rings. The van der Waals surface area contributed by atoms with Crippen LogP contribution in [-0.2, 0) is 4.74 Å². The van der Waals surface area contributed by atoms with Crippen molar-refractivity contribution < 1.29 is 23.5 Å². The van der Waals surface area contributed by atoms with Gasteiger partial charge in [0.1, 0.15) is 11.6 Å². The number of benzene rings is 2. The van der Waals surface area contributed by atoms with Crippen LogP contribution in [0.4, 0.5) is 10.1 Å².